The summed E-state index contributed by atoms with van der Waals surface area (Å²) in [7, 11) is 0. The number of hydrogen-bond donors (Lipinski definition) is 1. The molecule has 1 saturated carbocycles. The summed E-state index contributed by atoms with van der Waals surface area (Å²) < 4.78 is 38.1. The summed E-state index contributed by atoms with van der Waals surface area (Å²) >= 11 is 0. The van der Waals surface area contributed by atoms with Crippen molar-refractivity contribution >= 4 is 5.97 Å². The molecular weight excluding hydrogens is 247 g/mol. The molecule has 2 atom stereocenters. The van der Waals surface area contributed by atoms with E-state index in [0.717, 1.165) is 6.42 Å². The average Bonchev–Trinajstić information content (AvgIpc) is 2.29. The van der Waals surface area contributed by atoms with Gasteiger partial charge in [0.15, 0.2) is 0 Å². The minimum atomic E-state index is -4.12. The Labute approximate surface area is 105 Å². The molecule has 1 rings (SSSR count). The predicted molar refractivity (Wildman–Crippen MR) is 61.3 cm³/mol. The number of carboxylic acid groups (broad SMARTS) is 1. The average molecular weight is 267 g/mol. The molecule has 2 unspecified atom stereocenters. The van der Waals surface area contributed by atoms with Gasteiger partial charge in [-0.15, -0.1) is 0 Å². The highest BCUT2D eigenvalue weighted by Gasteiger charge is 2.42. The van der Waals surface area contributed by atoms with Crippen molar-refractivity contribution in [3.8, 4) is 0 Å². The van der Waals surface area contributed by atoms with Crippen LogP contribution in [0.5, 0.6) is 0 Å². The fraction of sp³-hybridized carbons (Fsp3) is 0.917. The maximum Gasteiger partial charge on any atom is 0.391 e. The van der Waals surface area contributed by atoms with Crippen molar-refractivity contribution in [3.63, 3.8) is 0 Å². The lowest BCUT2D eigenvalue weighted by atomic mass is 9.84. The highest BCUT2D eigenvalue weighted by Crippen LogP contribution is 2.38. The van der Waals surface area contributed by atoms with Crippen LogP contribution in [0.25, 0.3) is 0 Å². The summed E-state index contributed by atoms with van der Waals surface area (Å²) in [4.78, 5) is 12.4. The van der Waals surface area contributed by atoms with Gasteiger partial charge in [0.2, 0.25) is 0 Å². The summed E-state index contributed by atoms with van der Waals surface area (Å²) in [6.07, 6.45) is -2.52. The number of carboxylic acids is 1. The van der Waals surface area contributed by atoms with Crippen LogP contribution in [0.2, 0.25) is 0 Å². The van der Waals surface area contributed by atoms with Crippen LogP contribution in [0, 0.1) is 5.92 Å². The van der Waals surface area contributed by atoms with Crippen molar-refractivity contribution in [1.82, 2.24) is 4.90 Å². The summed E-state index contributed by atoms with van der Waals surface area (Å²) in [5.74, 6) is -2.13. The van der Waals surface area contributed by atoms with Gasteiger partial charge in [0, 0.05) is 12.6 Å². The van der Waals surface area contributed by atoms with Gasteiger partial charge < -0.3 is 10.0 Å². The van der Waals surface area contributed by atoms with Crippen LogP contribution in [0.3, 0.4) is 0 Å². The molecule has 0 aliphatic heterocycles. The number of nitrogens with zero attached hydrogens (tertiary/aromatic N) is 1. The van der Waals surface area contributed by atoms with Gasteiger partial charge in [0.05, 0.1) is 12.3 Å². The highest BCUT2D eigenvalue weighted by molar-refractivity contribution is 5.66. The largest absolute Gasteiger partial charge is 0.481 e. The van der Waals surface area contributed by atoms with E-state index in [4.69, 9.17) is 5.11 Å². The van der Waals surface area contributed by atoms with Gasteiger partial charge in [0.1, 0.15) is 0 Å². The zero-order valence-corrected chi connectivity index (χ0v) is 10.5. The molecule has 3 nitrogen and oxygen atoms in total. The van der Waals surface area contributed by atoms with Crippen LogP contribution in [0.1, 0.15) is 39.0 Å². The monoisotopic (exact) mass is 267 g/mol. The Morgan fingerprint density at radius 3 is 2.56 bits per heavy atom. The lowest BCUT2D eigenvalue weighted by molar-refractivity contribution is -0.186. The normalized spacial score (nSPS) is 25.4. The number of alkyl halides is 3. The first-order valence-corrected chi connectivity index (χ1v) is 6.37. The Kier molecular flexibility index (Phi) is 5.44. The molecule has 106 valence electrons. The van der Waals surface area contributed by atoms with Gasteiger partial charge in [-0.25, -0.2) is 0 Å². The van der Waals surface area contributed by atoms with Crippen LogP contribution < -0.4 is 0 Å². The van der Waals surface area contributed by atoms with Crippen molar-refractivity contribution in [1.29, 1.82) is 0 Å². The lowest BCUT2D eigenvalue weighted by Crippen LogP contribution is -2.42. The van der Waals surface area contributed by atoms with E-state index in [2.05, 4.69) is 0 Å². The van der Waals surface area contributed by atoms with Gasteiger partial charge >= 0.3 is 12.1 Å². The molecule has 6 heteroatoms. The quantitative estimate of drug-likeness (QED) is 0.832. The van der Waals surface area contributed by atoms with Crippen molar-refractivity contribution in [3.05, 3.63) is 0 Å². The number of halogens is 3. The van der Waals surface area contributed by atoms with Crippen LogP contribution in [-0.4, -0.2) is 41.3 Å². The first-order chi connectivity index (χ1) is 8.34. The zero-order chi connectivity index (χ0) is 13.8. The Balaban J connectivity index is 2.55. The number of aliphatic carboxylic acids is 1. The van der Waals surface area contributed by atoms with Crippen molar-refractivity contribution in [2.45, 2.75) is 51.2 Å². The van der Waals surface area contributed by atoms with Crippen molar-refractivity contribution in [2.75, 3.05) is 13.1 Å². The van der Waals surface area contributed by atoms with E-state index in [1.807, 2.05) is 11.8 Å². The maximum absolute atomic E-state index is 12.7. The third-order valence-corrected chi connectivity index (χ3v) is 3.64. The standard InChI is InChI=1S/C12H20F3NO2/c1-2-16(7-6-11(17)18)10-5-3-4-9(8-10)12(13,14)15/h9-10H,2-8H2,1H3,(H,17,18). The Hall–Kier alpha value is -0.780. The number of hydrogen-bond acceptors (Lipinski definition) is 2. The van der Waals surface area contributed by atoms with Crippen molar-refractivity contribution < 1.29 is 23.1 Å². The summed E-state index contributed by atoms with van der Waals surface area (Å²) in [6, 6.07) is -0.130. The first kappa shape index (κ1) is 15.3. The number of rotatable bonds is 5. The van der Waals surface area contributed by atoms with Gasteiger partial charge in [-0.2, -0.15) is 13.2 Å². The molecule has 0 spiro atoms. The molecule has 0 saturated heterocycles. The Morgan fingerprint density at radius 1 is 1.39 bits per heavy atom. The topological polar surface area (TPSA) is 40.5 Å². The Morgan fingerprint density at radius 2 is 2.06 bits per heavy atom. The Bertz CT molecular complexity index is 281. The number of carbonyl (C=O) groups is 1. The molecule has 0 aromatic rings. The predicted octanol–water partition coefficient (Wildman–Crippen LogP) is 2.90. The van der Waals surface area contributed by atoms with Crippen LogP contribution in [0.4, 0.5) is 13.2 Å². The van der Waals surface area contributed by atoms with Crippen molar-refractivity contribution in [2.24, 2.45) is 5.92 Å². The van der Waals surface area contributed by atoms with E-state index in [1.165, 1.54) is 0 Å². The second-order valence-electron chi connectivity index (χ2n) is 4.83. The highest BCUT2D eigenvalue weighted by atomic mass is 19.4. The summed E-state index contributed by atoms with van der Waals surface area (Å²) in [5.41, 5.74) is 0. The molecule has 18 heavy (non-hydrogen) atoms. The molecule has 0 radical (unpaired) electrons. The molecule has 0 bridgehead atoms. The smallest absolute Gasteiger partial charge is 0.391 e. The van der Waals surface area contributed by atoms with Gasteiger partial charge in [-0.1, -0.05) is 13.3 Å². The molecule has 0 amide bonds. The molecule has 1 aliphatic rings. The first-order valence-electron chi connectivity index (χ1n) is 6.37. The molecule has 1 aliphatic carbocycles. The molecule has 0 aromatic heterocycles. The van der Waals surface area contributed by atoms with Crippen LogP contribution >= 0.6 is 0 Å². The van der Waals surface area contributed by atoms with E-state index >= 15 is 0 Å². The molecule has 0 heterocycles. The summed E-state index contributed by atoms with van der Waals surface area (Å²) in [6.45, 7) is 2.79. The van der Waals surface area contributed by atoms with Gasteiger partial charge in [-0.3, -0.25) is 4.79 Å². The van der Waals surface area contributed by atoms with E-state index in [-0.39, 0.29) is 25.3 Å². The molecular formula is C12H20F3NO2. The van der Waals surface area contributed by atoms with E-state index in [1.54, 1.807) is 0 Å². The summed E-state index contributed by atoms with van der Waals surface area (Å²) in [5, 5.41) is 8.63. The SMILES string of the molecule is CCN(CCC(=O)O)C1CCCC(C(F)(F)F)C1. The minimum Gasteiger partial charge on any atom is -0.481 e. The van der Waals surface area contributed by atoms with E-state index in [0.29, 0.717) is 19.5 Å². The fourth-order valence-corrected chi connectivity index (χ4v) is 2.63. The molecule has 1 fully saturated rings. The third kappa shape index (κ3) is 4.48. The fourth-order valence-electron chi connectivity index (χ4n) is 2.63. The molecule has 0 aromatic carbocycles. The minimum absolute atomic E-state index is 0.0129. The molecule has 1 N–H and O–H groups in total. The third-order valence-electron chi connectivity index (χ3n) is 3.64. The second-order valence-corrected chi connectivity index (χ2v) is 4.83. The second kappa shape index (κ2) is 6.41. The van der Waals surface area contributed by atoms with Gasteiger partial charge in [-0.05, 0) is 25.8 Å². The van der Waals surface area contributed by atoms with E-state index < -0.39 is 18.1 Å². The van der Waals surface area contributed by atoms with E-state index in [9.17, 15) is 18.0 Å². The lowest BCUT2D eigenvalue weighted by Gasteiger charge is -2.37. The maximum atomic E-state index is 12.7. The van der Waals surface area contributed by atoms with Crippen LogP contribution in [-0.2, 0) is 4.79 Å². The van der Waals surface area contributed by atoms with Gasteiger partial charge in [0.25, 0.3) is 0 Å². The zero-order valence-electron chi connectivity index (χ0n) is 10.5. The van der Waals surface area contributed by atoms with Crippen LogP contribution in [0.15, 0.2) is 0 Å².